The molecule has 0 saturated heterocycles. The van der Waals surface area contributed by atoms with Gasteiger partial charge in [0.25, 0.3) is 0 Å². The van der Waals surface area contributed by atoms with E-state index in [1.165, 1.54) is 0 Å². The zero-order chi connectivity index (χ0) is 15.2. The van der Waals surface area contributed by atoms with Gasteiger partial charge in [-0.2, -0.15) is 5.10 Å². The van der Waals surface area contributed by atoms with Gasteiger partial charge in [0.2, 0.25) is 0 Å². The van der Waals surface area contributed by atoms with E-state index < -0.39 is 6.10 Å². The van der Waals surface area contributed by atoms with Crippen LogP contribution in [0.25, 0.3) is 11.3 Å². The smallest absolute Gasteiger partial charge is 0.0915 e. The molecule has 0 fully saturated rings. The van der Waals surface area contributed by atoms with E-state index in [-0.39, 0.29) is 0 Å². The summed E-state index contributed by atoms with van der Waals surface area (Å²) in [5.41, 5.74) is 3.82. The zero-order valence-electron chi connectivity index (χ0n) is 12.0. The van der Waals surface area contributed by atoms with Gasteiger partial charge in [-0.05, 0) is 29.8 Å². The fourth-order valence-electron chi connectivity index (χ4n) is 2.25. The van der Waals surface area contributed by atoms with Crippen molar-refractivity contribution in [3.63, 3.8) is 0 Å². The van der Waals surface area contributed by atoms with Crippen LogP contribution < -0.4 is 5.32 Å². The molecule has 0 saturated carbocycles. The minimum Gasteiger partial charge on any atom is -0.387 e. The summed E-state index contributed by atoms with van der Waals surface area (Å²) >= 11 is 0. The summed E-state index contributed by atoms with van der Waals surface area (Å²) in [6, 6.07) is 7.49. The lowest BCUT2D eigenvalue weighted by Gasteiger charge is -2.12. The average molecular weight is 295 g/mol. The molecule has 3 rings (SSSR count). The molecule has 112 valence electrons. The van der Waals surface area contributed by atoms with Gasteiger partial charge in [-0.15, -0.1) is 0 Å². The summed E-state index contributed by atoms with van der Waals surface area (Å²) in [7, 11) is 0. The first-order valence-electron chi connectivity index (χ1n) is 7.06. The highest BCUT2D eigenvalue weighted by Crippen LogP contribution is 2.19. The lowest BCUT2D eigenvalue weighted by Crippen LogP contribution is -2.21. The SMILES string of the molecule is OC(CNCc1cn[nH]c1-c1cccnc1)c1ccncc1. The Hall–Kier alpha value is -2.57. The van der Waals surface area contributed by atoms with Gasteiger partial charge in [0, 0.05) is 49.0 Å². The highest BCUT2D eigenvalue weighted by molar-refractivity contribution is 5.61. The molecule has 6 heteroatoms. The lowest BCUT2D eigenvalue weighted by atomic mass is 10.1. The Labute approximate surface area is 128 Å². The average Bonchev–Trinajstić information content (AvgIpc) is 3.05. The number of H-pyrrole nitrogens is 1. The van der Waals surface area contributed by atoms with Crippen molar-refractivity contribution in [1.29, 1.82) is 0 Å². The van der Waals surface area contributed by atoms with Gasteiger partial charge in [0.05, 0.1) is 18.0 Å². The molecule has 6 nitrogen and oxygen atoms in total. The second-order valence-electron chi connectivity index (χ2n) is 4.94. The van der Waals surface area contributed by atoms with Crippen LogP contribution in [0.3, 0.4) is 0 Å². The number of aliphatic hydroxyl groups excluding tert-OH is 1. The number of aromatic nitrogens is 4. The van der Waals surface area contributed by atoms with Crippen molar-refractivity contribution in [2.45, 2.75) is 12.6 Å². The third kappa shape index (κ3) is 3.36. The number of hydrogen-bond acceptors (Lipinski definition) is 5. The molecule has 22 heavy (non-hydrogen) atoms. The molecule has 0 aliphatic rings. The van der Waals surface area contributed by atoms with Crippen LogP contribution in [0, 0.1) is 0 Å². The van der Waals surface area contributed by atoms with Crippen LogP contribution in [0.1, 0.15) is 17.2 Å². The minimum absolute atomic E-state index is 0.460. The van der Waals surface area contributed by atoms with Crippen LogP contribution in [0.15, 0.2) is 55.2 Å². The van der Waals surface area contributed by atoms with E-state index in [4.69, 9.17) is 0 Å². The predicted molar refractivity (Wildman–Crippen MR) is 82.7 cm³/mol. The number of aliphatic hydroxyl groups is 1. The van der Waals surface area contributed by atoms with E-state index in [1.807, 2.05) is 24.3 Å². The van der Waals surface area contributed by atoms with Gasteiger partial charge < -0.3 is 10.4 Å². The van der Waals surface area contributed by atoms with Crippen LogP contribution in [0.4, 0.5) is 0 Å². The monoisotopic (exact) mass is 295 g/mol. The van der Waals surface area contributed by atoms with Gasteiger partial charge in [-0.25, -0.2) is 0 Å². The molecule has 0 amide bonds. The van der Waals surface area contributed by atoms with E-state index in [0.29, 0.717) is 13.1 Å². The van der Waals surface area contributed by atoms with E-state index >= 15 is 0 Å². The third-order valence-corrected chi connectivity index (χ3v) is 3.41. The Balaban J connectivity index is 1.60. The Kier molecular flexibility index (Phi) is 4.53. The van der Waals surface area contributed by atoms with Crippen LogP contribution in [-0.4, -0.2) is 31.8 Å². The largest absolute Gasteiger partial charge is 0.387 e. The van der Waals surface area contributed by atoms with E-state index in [2.05, 4.69) is 25.5 Å². The maximum atomic E-state index is 10.1. The van der Waals surface area contributed by atoms with Gasteiger partial charge in [0.15, 0.2) is 0 Å². The highest BCUT2D eigenvalue weighted by Gasteiger charge is 2.10. The quantitative estimate of drug-likeness (QED) is 0.644. The maximum absolute atomic E-state index is 10.1. The number of hydrogen-bond donors (Lipinski definition) is 3. The van der Waals surface area contributed by atoms with E-state index in [9.17, 15) is 5.11 Å². The second-order valence-corrected chi connectivity index (χ2v) is 4.94. The molecular weight excluding hydrogens is 278 g/mol. The van der Waals surface area contributed by atoms with Gasteiger partial charge in [-0.3, -0.25) is 15.1 Å². The zero-order valence-corrected chi connectivity index (χ0v) is 12.0. The summed E-state index contributed by atoms with van der Waals surface area (Å²) < 4.78 is 0. The van der Waals surface area contributed by atoms with Crippen molar-refractivity contribution in [3.05, 3.63) is 66.4 Å². The molecular formula is C16H17N5O. The first-order valence-corrected chi connectivity index (χ1v) is 7.06. The highest BCUT2D eigenvalue weighted by atomic mass is 16.3. The number of nitrogens with one attached hydrogen (secondary N) is 2. The summed E-state index contributed by atoms with van der Waals surface area (Å²) in [5.74, 6) is 0. The molecule has 3 heterocycles. The topological polar surface area (TPSA) is 86.7 Å². The summed E-state index contributed by atoms with van der Waals surface area (Å²) in [5, 5.41) is 20.4. The molecule has 1 unspecified atom stereocenters. The van der Waals surface area contributed by atoms with Crippen molar-refractivity contribution in [2.75, 3.05) is 6.54 Å². The number of pyridine rings is 2. The molecule has 0 aliphatic carbocycles. The molecule has 3 aromatic heterocycles. The van der Waals surface area contributed by atoms with E-state index in [1.54, 1.807) is 31.0 Å². The molecule has 0 spiro atoms. The molecule has 0 bridgehead atoms. The molecule has 3 aromatic rings. The summed E-state index contributed by atoms with van der Waals surface area (Å²) in [6.07, 6.45) is 8.11. The van der Waals surface area contributed by atoms with Crippen LogP contribution in [0.2, 0.25) is 0 Å². The van der Waals surface area contributed by atoms with Crippen LogP contribution >= 0.6 is 0 Å². The predicted octanol–water partition coefficient (Wildman–Crippen LogP) is 1.69. The fraction of sp³-hybridized carbons (Fsp3) is 0.188. The minimum atomic E-state index is -0.559. The van der Waals surface area contributed by atoms with Crippen LogP contribution in [0.5, 0.6) is 0 Å². The lowest BCUT2D eigenvalue weighted by molar-refractivity contribution is 0.174. The van der Waals surface area contributed by atoms with Crippen molar-refractivity contribution >= 4 is 0 Å². The Bertz CT molecular complexity index is 699. The van der Waals surface area contributed by atoms with Crippen molar-refractivity contribution < 1.29 is 5.11 Å². The van der Waals surface area contributed by atoms with Gasteiger partial charge >= 0.3 is 0 Å². The standard InChI is InChI=1S/C16H17N5O/c22-15(12-3-6-17-7-4-12)11-19-9-14-10-20-21-16(14)13-2-1-5-18-8-13/h1-8,10,15,19,22H,9,11H2,(H,20,21). The molecule has 0 aliphatic heterocycles. The molecule has 1 atom stereocenters. The number of aromatic amines is 1. The maximum Gasteiger partial charge on any atom is 0.0915 e. The molecule has 0 aromatic carbocycles. The van der Waals surface area contributed by atoms with Crippen LogP contribution in [-0.2, 0) is 6.54 Å². The fourth-order valence-corrected chi connectivity index (χ4v) is 2.25. The van der Waals surface area contributed by atoms with Gasteiger partial charge in [0.1, 0.15) is 0 Å². The van der Waals surface area contributed by atoms with Crippen molar-refractivity contribution in [3.8, 4) is 11.3 Å². The van der Waals surface area contributed by atoms with Gasteiger partial charge in [-0.1, -0.05) is 0 Å². The second kappa shape index (κ2) is 6.93. The summed E-state index contributed by atoms with van der Waals surface area (Å²) in [6.45, 7) is 1.07. The molecule has 0 radical (unpaired) electrons. The first-order chi connectivity index (χ1) is 10.8. The normalized spacial score (nSPS) is 12.2. The number of rotatable bonds is 6. The van der Waals surface area contributed by atoms with Crippen molar-refractivity contribution in [1.82, 2.24) is 25.5 Å². The Morgan fingerprint density at radius 1 is 1.09 bits per heavy atom. The van der Waals surface area contributed by atoms with E-state index in [0.717, 1.165) is 22.4 Å². The Morgan fingerprint density at radius 2 is 1.95 bits per heavy atom. The number of nitrogens with zero attached hydrogens (tertiary/aromatic N) is 3. The molecule has 3 N–H and O–H groups in total. The van der Waals surface area contributed by atoms with Crippen molar-refractivity contribution in [2.24, 2.45) is 0 Å². The Morgan fingerprint density at radius 3 is 2.73 bits per heavy atom. The first kappa shape index (κ1) is 14.4. The summed E-state index contributed by atoms with van der Waals surface area (Å²) in [4.78, 5) is 8.06. The third-order valence-electron chi connectivity index (χ3n) is 3.41.